The molecule has 1 atom stereocenters. The fourth-order valence-corrected chi connectivity index (χ4v) is 5.44. The van der Waals surface area contributed by atoms with Crippen LogP contribution in [-0.2, 0) is 14.8 Å². The lowest BCUT2D eigenvalue weighted by Gasteiger charge is -2.21. The number of benzene rings is 2. The van der Waals surface area contributed by atoms with Gasteiger partial charge in [-0.1, -0.05) is 49.2 Å². The predicted molar refractivity (Wildman–Crippen MR) is 107 cm³/mol. The lowest BCUT2D eigenvalue weighted by Crippen LogP contribution is -2.43. The van der Waals surface area contributed by atoms with Gasteiger partial charge in [-0.15, -0.1) is 0 Å². The minimum atomic E-state index is -3.99. The van der Waals surface area contributed by atoms with Gasteiger partial charge in [-0.05, 0) is 30.5 Å². The number of carbonyl (C=O) groups is 1. The van der Waals surface area contributed by atoms with Gasteiger partial charge in [0.1, 0.15) is 22.0 Å². The number of rotatable bonds is 6. The van der Waals surface area contributed by atoms with E-state index in [2.05, 4.69) is 18.8 Å². The second-order valence-electron chi connectivity index (χ2n) is 6.84. The van der Waals surface area contributed by atoms with Crippen LogP contribution in [0, 0.1) is 0 Å². The van der Waals surface area contributed by atoms with Gasteiger partial charge in [-0.3, -0.25) is 4.79 Å². The number of nitrogens with zero attached hydrogens (tertiary/aromatic N) is 2. The standard InChI is InChI=1S/C19H20N4O3S2/c24-19(20-14-9-4-5-10-14)17(13-7-2-1-3-8-13)23-28(25,26)16-12-6-11-15-18(16)22-27-21-15/h1-3,6-8,11-12,14,17,23H,4-5,9-10H2,(H,20,24). The topological polar surface area (TPSA) is 101 Å². The molecule has 1 saturated carbocycles. The van der Waals surface area contributed by atoms with Gasteiger partial charge in [-0.2, -0.15) is 13.5 Å². The predicted octanol–water partition coefficient (Wildman–Crippen LogP) is 2.77. The maximum absolute atomic E-state index is 13.1. The molecular weight excluding hydrogens is 396 g/mol. The van der Waals surface area contributed by atoms with E-state index in [1.807, 2.05) is 6.07 Å². The van der Waals surface area contributed by atoms with E-state index in [1.54, 1.807) is 36.4 Å². The molecule has 146 valence electrons. The molecule has 0 saturated heterocycles. The van der Waals surface area contributed by atoms with Crippen molar-refractivity contribution in [2.24, 2.45) is 0 Å². The Morgan fingerprint density at radius 1 is 1.04 bits per heavy atom. The zero-order chi connectivity index (χ0) is 19.6. The largest absolute Gasteiger partial charge is 0.352 e. The van der Waals surface area contributed by atoms with Crippen LogP contribution in [0.4, 0.5) is 0 Å². The SMILES string of the molecule is O=C(NC1CCCC1)C(NS(=O)(=O)c1cccc2nsnc12)c1ccccc1. The Kier molecular flexibility index (Phi) is 5.38. The third-order valence-corrected chi connectivity index (χ3v) is 6.91. The molecule has 9 heteroatoms. The van der Waals surface area contributed by atoms with Crippen molar-refractivity contribution in [3.05, 3.63) is 54.1 Å². The van der Waals surface area contributed by atoms with E-state index in [0.717, 1.165) is 37.4 Å². The van der Waals surface area contributed by atoms with Crippen molar-refractivity contribution in [1.82, 2.24) is 18.8 Å². The average molecular weight is 417 g/mol. The van der Waals surface area contributed by atoms with Crippen LogP contribution in [0.1, 0.15) is 37.3 Å². The second-order valence-corrected chi connectivity index (χ2v) is 9.05. The molecule has 2 N–H and O–H groups in total. The zero-order valence-corrected chi connectivity index (χ0v) is 16.7. The summed E-state index contributed by atoms with van der Waals surface area (Å²) >= 11 is 0.955. The van der Waals surface area contributed by atoms with Crippen molar-refractivity contribution in [3.63, 3.8) is 0 Å². The number of sulfonamides is 1. The summed E-state index contributed by atoms with van der Waals surface area (Å²) in [4.78, 5) is 13.0. The first-order valence-electron chi connectivity index (χ1n) is 9.13. The lowest BCUT2D eigenvalue weighted by atomic mass is 10.1. The second kappa shape index (κ2) is 7.94. The fraction of sp³-hybridized carbons (Fsp3) is 0.316. The molecule has 2 aromatic carbocycles. The molecule has 1 fully saturated rings. The molecule has 0 spiro atoms. The van der Waals surface area contributed by atoms with Crippen LogP contribution >= 0.6 is 11.7 Å². The molecular formula is C19H20N4O3S2. The van der Waals surface area contributed by atoms with Gasteiger partial charge in [0.05, 0.1) is 11.7 Å². The molecule has 1 aliphatic carbocycles. The maximum atomic E-state index is 13.1. The monoisotopic (exact) mass is 416 g/mol. The summed E-state index contributed by atoms with van der Waals surface area (Å²) in [6, 6.07) is 12.7. The van der Waals surface area contributed by atoms with Crippen molar-refractivity contribution in [3.8, 4) is 0 Å². The van der Waals surface area contributed by atoms with Crippen LogP contribution in [0.3, 0.4) is 0 Å². The molecule has 0 aliphatic heterocycles. The number of carbonyl (C=O) groups excluding carboxylic acids is 1. The Morgan fingerprint density at radius 3 is 2.54 bits per heavy atom. The number of amides is 1. The highest BCUT2D eigenvalue weighted by atomic mass is 32.2. The van der Waals surface area contributed by atoms with Crippen LogP contribution in [0.2, 0.25) is 0 Å². The zero-order valence-electron chi connectivity index (χ0n) is 15.0. The highest BCUT2D eigenvalue weighted by Gasteiger charge is 2.30. The first-order chi connectivity index (χ1) is 13.5. The number of aromatic nitrogens is 2. The van der Waals surface area contributed by atoms with Crippen LogP contribution < -0.4 is 10.0 Å². The normalized spacial score (nSPS) is 16.3. The smallest absolute Gasteiger partial charge is 0.243 e. The van der Waals surface area contributed by atoms with E-state index in [1.165, 1.54) is 6.07 Å². The van der Waals surface area contributed by atoms with Gasteiger partial charge in [0.2, 0.25) is 15.9 Å². The van der Waals surface area contributed by atoms with Gasteiger partial charge in [-0.25, -0.2) is 8.42 Å². The van der Waals surface area contributed by atoms with E-state index >= 15 is 0 Å². The van der Waals surface area contributed by atoms with Gasteiger partial charge >= 0.3 is 0 Å². The summed E-state index contributed by atoms with van der Waals surface area (Å²) < 4.78 is 37.0. The Labute approximate surface area is 167 Å². The van der Waals surface area contributed by atoms with E-state index in [-0.39, 0.29) is 16.8 Å². The lowest BCUT2D eigenvalue weighted by molar-refractivity contribution is -0.123. The van der Waals surface area contributed by atoms with Crippen molar-refractivity contribution < 1.29 is 13.2 Å². The van der Waals surface area contributed by atoms with Crippen molar-refractivity contribution in [2.45, 2.75) is 42.7 Å². The minimum absolute atomic E-state index is 0.0216. The Bertz CT molecular complexity index is 1080. The van der Waals surface area contributed by atoms with Crippen LogP contribution in [0.5, 0.6) is 0 Å². The Hall–Kier alpha value is -2.36. The third-order valence-electron chi connectivity index (χ3n) is 4.91. The van der Waals surface area contributed by atoms with Gasteiger partial charge in [0.25, 0.3) is 0 Å². The van der Waals surface area contributed by atoms with E-state index in [4.69, 9.17) is 0 Å². The molecule has 3 aromatic rings. The first kappa shape index (κ1) is 19.0. The molecule has 0 radical (unpaired) electrons. The quantitative estimate of drug-likeness (QED) is 0.643. The number of hydrogen-bond acceptors (Lipinski definition) is 6. The molecule has 1 aliphatic rings. The average Bonchev–Trinajstić information content (AvgIpc) is 3.38. The summed E-state index contributed by atoms with van der Waals surface area (Å²) in [6.07, 6.45) is 3.99. The summed E-state index contributed by atoms with van der Waals surface area (Å²) in [6.45, 7) is 0. The highest BCUT2D eigenvalue weighted by Crippen LogP contribution is 2.25. The molecule has 1 amide bonds. The number of hydrogen-bond donors (Lipinski definition) is 2. The fourth-order valence-electron chi connectivity index (χ4n) is 3.49. The van der Waals surface area contributed by atoms with E-state index in [9.17, 15) is 13.2 Å². The maximum Gasteiger partial charge on any atom is 0.243 e. The van der Waals surface area contributed by atoms with E-state index in [0.29, 0.717) is 16.6 Å². The number of nitrogens with one attached hydrogen (secondary N) is 2. The third kappa shape index (κ3) is 3.91. The minimum Gasteiger partial charge on any atom is -0.352 e. The molecule has 4 rings (SSSR count). The van der Waals surface area contributed by atoms with Gasteiger partial charge < -0.3 is 5.32 Å². The Balaban J connectivity index is 1.66. The van der Waals surface area contributed by atoms with Crippen molar-refractivity contribution >= 4 is 38.7 Å². The summed E-state index contributed by atoms with van der Waals surface area (Å²) in [5, 5.41) is 2.99. The van der Waals surface area contributed by atoms with Crippen LogP contribution in [-0.4, -0.2) is 29.1 Å². The molecule has 1 heterocycles. The van der Waals surface area contributed by atoms with Crippen molar-refractivity contribution in [2.75, 3.05) is 0 Å². The molecule has 1 aromatic heterocycles. The Morgan fingerprint density at radius 2 is 1.79 bits per heavy atom. The van der Waals surface area contributed by atoms with Crippen LogP contribution in [0.15, 0.2) is 53.4 Å². The van der Waals surface area contributed by atoms with Crippen LogP contribution in [0.25, 0.3) is 11.0 Å². The van der Waals surface area contributed by atoms with E-state index < -0.39 is 16.1 Å². The molecule has 0 bridgehead atoms. The number of fused-ring (bicyclic) bond motifs is 1. The summed E-state index contributed by atoms with van der Waals surface area (Å²) in [7, 11) is -3.99. The summed E-state index contributed by atoms with van der Waals surface area (Å²) in [5.74, 6) is -0.342. The molecule has 7 nitrogen and oxygen atoms in total. The first-order valence-corrected chi connectivity index (χ1v) is 11.3. The van der Waals surface area contributed by atoms with Crippen molar-refractivity contribution in [1.29, 1.82) is 0 Å². The van der Waals surface area contributed by atoms with Gasteiger partial charge in [0.15, 0.2) is 0 Å². The highest BCUT2D eigenvalue weighted by molar-refractivity contribution is 7.89. The molecule has 1 unspecified atom stereocenters. The van der Waals surface area contributed by atoms with Gasteiger partial charge in [0, 0.05) is 6.04 Å². The summed E-state index contributed by atoms with van der Waals surface area (Å²) in [5.41, 5.74) is 1.41. The molecule has 28 heavy (non-hydrogen) atoms.